The molecule has 0 saturated carbocycles. The van der Waals surface area contributed by atoms with Crippen LogP contribution in [0, 0.1) is 0 Å². The number of hydrogen-bond donors (Lipinski definition) is 0. The van der Waals surface area contributed by atoms with Gasteiger partial charge in [-0.15, -0.1) is 11.6 Å². The van der Waals surface area contributed by atoms with Gasteiger partial charge in [-0.3, -0.25) is 4.79 Å². The summed E-state index contributed by atoms with van der Waals surface area (Å²) in [6.45, 7) is -0.208. The molecule has 7 heteroatoms. The number of rotatable bonds is 6. The van der Waals surface area contributed by atoms with Crippen molar-refractivity contribution in [3.8, 4) is 0 Å². The van der Waals surface area contributed by atoms with Crippen molar-refractivity contribution in [1.29, 1.82) is 0 Å². The number of esters is 1. The summed E-state index contributed by atoms with van der Waals surface area (Å²) in [6, 6.07) is 0. The molecule has 0 bridgehead atoms. The van der Waals surface area contributed by atoms with Crippen LogP contribution >= 0.6 is 11.6 Å². The number of ether oxygens (including phenoxy) is 1. The summed E-state index contributed by atoms with van der Waals surface area (Å²) in [4.78, 5) is 10.4. The molecule has 0 unspecified atom stereocenters. The van der Waals surface area contributed by atoms with Gasteiger partial charge in [-0.05, 0) is 6.92 Å². The highest BCUT2D eigenvalue weighted by Gasteiger charge is 2.39. The maximum atomic E-state index is 12.8. The van der Waals surface area contributed by atoms with E-state index in [1.165, 1.54) is 0 Å². The molecule has 0 heterocycles. The fourth-order valence-electron chi connectivity index (χ4n) is 0.895. The standard InChI is InChI=1S/C8H11ClF4O2/c1-7(10,11)5-8(12,13)2-3-15-6(14)4-9/h2-5H2,1H3. The lowest BCUT2D eigenvalue weighted by atomic mass is 10.1. The van der Waals surface area contributed by atoms with Crippen LogP contribution in [0.4, 0.5) is 17.6 Å². The lowest BCUT2D eigenvalue weighted by Crippen LogP contribution is -2.28. The molecule has 0 aromatic heterocycles. The minimum atomic E-state index is -3.55. The molecule has 0 aliphatic heterocycles. The molecule has 0 radical (unpaired) electrons. The summed E-state index contributed by atoms with van der Waals surface area (Å²) < 4.78 is 54.3. The molecule has 0 fully saturated rings. The van der Waals surface area contributed by atoms with Crippen molar-refractivity contribution >= 4 is 17.6 Å². The molecule has 0 aliphatic carbocycles. The van der Waals surface area contributed by atoms with Crippen molar-refractivity contribution in [2.75, 3.05) is 12.5 Å². The Morgan fingerprint density at radius 2 is 1.87 bits per heavy atom. The van der Waals surface area contributed by atoms with Gasteiger partial charge < -0.3 is 4.74 Å². The first kappa shape index (κ1) is 14.5. The van der Waals surface area contributed by atoms with Crippen LogP contribution in [0.3, 0.4) is 0 Å². The van der Waals surface area contributed by atoms with Crippen LogP contribution in [-0.2, 0) is 9.53 Å². The zero-order valence-corrected chi connectivity index (χ0v) is 8.79. The van der Waals surface area contributed by atoms with Crippen molar-refractivity contribution in [1.82, 2.24) is 0 Å². The second-order valence-corrected chi connectivity index (χ2v) is 3.47. The lowest BCUT2D eigenvalue weighted by Gasteiger charge is -2.19. The molecule has 0 saturated heterocycles. The van der Waals surface area contributed by atoms with E-state index >= 15 is 0 Å². The first-order chi connectivity index (χ1) is 6.66. The summed E-state index contributed by atoms with van der Waals surface area (Å²) in [7, 11) is 0. The molecule has 0 amide bonds. The molecule has 0 aromatic rings. The minimum absolute atomic E-state index is 0.408. The second-order valence-electron chi connectivity index (χ2n) is 3.21. The fourth-order valence-corrected chi connectivity index (χ4v) is 0.972. The van der Waals surface area contributed by atoms with Gasteiger partial charge in [0.1, 0.15) is 5.88 Å². The van der Waals surface area contributed by atoms with Gasteiger partial charge in [0.25, 0.3) is 11.8 Å². The first-order valence-corrected chi connectivity index (χ1v) is 4.67. The van der Waals surface area contributed by atoms with Crippen LogP contribution in [0.2, 0.25) is 0 Å². The quantitative estimate of drug-likeness (QED) is 0.412. The van der Waals surface area contributed by atoms with Crippen LogP contribution < -0.4 is 0 Å². The number of halogens is 5. The van der Waals surface area contributed by atoms with Gasteiger partial charge in [0, 0.05) is 6.42 Å². The highest BCUT2D eigenvalue weighted by Crippen LogP contribution is 2.32. The molecule has 0 rings (SSSR count). The highest BCUT2D eigenvalue weighted by molar-refractivity contribution is 6.26. The Morgan fingerprint density at radius 3 is 2.27 bits per heavy atom. The Hall–Kier alpha value is -0.520. The molecule has 0 spiro atoms. The van der Waals surface area contributed by atoms with Crippen molar-refractivity contribution < 1.29 is 27.1 Å². The molecule has 0 atom stereocenters. The molecular formula is C8H11ClF4O2. The zero-order chi connectivity index (χ0) is 12.1. The summed E-state index contributed by atoms with van der Waals surface area (Å²) in [5, 5.41) is 0. The lowest BCUT2D eigenvalue weighted by molar-refractivity contribution is -0.145. The van der Waals surface area contributed by atoms with E-state index in [-0.39, 0.29) is 0 Å². The molecule has 0 aromatic carbocycles. The normalized spacial score (nSPS) is 12.7. The monoisotopic (exact) mass is 250 g/mol. The Morgan fingerprint density at radius 1 is 1.33 bits per heavy atom. The van der Waals surface area contributed by atoms with Crippen LogP contribution in [0.1, 0.15) is 19.8 Å². The molecule has 15 heavy (non-hydrogen) atoms. The predicted molar refractivity (Wildman–Crippen MR) is 46.5 cm³/mol. The van der Waals surface area contributed by atoms with Gasteiger partial charge in [-0.2, -0.15) is 0 Å². The SMILES string of the molecule is CC(F)(F)CC(F)(F)CCOC(=O)CCl. The van der Waals surface area contributed by atoms with E-state index in [4.69, 9.17) is 11.6 Å². The summed E-state index contributed by atoms with van der Waals surface area (Å²) in [5.74, 6) is -8.30. The van der Waals surface area contributed by atoms with Crippen LogP contribution in [0.5, 0.6) is 0 Å². The van der Waals surface area contributed by atoms with Crippen molar-refractivity contribution in [3.05, 3.63) is 0 Å². The van der Waals surface area contributed by atoms with Crippen molar-refractivity contribution in [3.63, 3.8) is 0 Å². The van der Waals surface area contributed by atoms with E-state index in [1.807, 2.05) is 0 Å². The van der Waals surface area contributed by atoms with Gasteiger partial charge in [-0.25, -0.2) is 17.6 Å². The average molecular weight is 251 g/mol. The average Bonchev–Trinajstić information content (AvgIpc) is 1.98. The number of carbonyl (C=O) groups excluding carboxylic acids is 1. The van der Waals surface area contributed by atoms with E-state index in [0.29, 0.717) is 6.92 Å². The summed E-state index contributed by atoms with van der Waals surface area (Å²) in [5.41, 5.74) is 0. The largest absolute Gasteiger partial charge is 0.465 e. The van der Waals surface area contributed by atoms with Gasteiger partial charge in [0.2, 0.25) is 0 Å². The summed E-state index contributed by atoms with van der Waals surface area (Å²) >= 11 is 5.03. The third-order valence-corrected chi connectivity index (χ3v) is 1.63. The second kappa shape index (κ2) is 5.53. The molecule has 2 nitrogen and oxygen atoms in total. The van der Waals surface area contributed by atoms with E-state index in [0.717, 1.165) is 0 Å². The molecule has 0 aliphatic rings. The molecule has 0 N–H and O–H groups in total. The smallest absolute Gasteiger partial charge is 0.320 e. The van der Waals surface area contributed by atoms with E-state index in [9.17, 15) is 22.4 Å². The maximum Gasteiger partial charge on any atom is 0.320 e. The maximum absolute atomic E-state index is 12.8. The highest BCUT2D eigenvalue weighted by atomic mass is 35.5. The third kappa shape index (κ3) is 8.47. The van der Waals surface area contributed by atoms with E-state index in [1.54, 1.807) is 0 Å². The Bertz CT molecular complexity index is 215. The topological polar surface area (TPSA) is 26.3 Å². The van der Waals surface area contributed by atoms with Crippen molar-refractivity contribution in [2.24, 2.45) is 0 Å². The van der Waals surface area contributed by atoms with Gasteiger partial charge in [-0.1, -0.05) is 0 Å². The van der Waals surface area contributed by atoms with Crippen LogP contribution in [0.25, 0.3) is 0 Å². The van der Waals surface area contributed by atoms with Crippen LogP contribution in [0.15, 0.2) is 0 Å². The van der Waals surface area contributed by atoms with E-state index in [2.05, 4.69) is 4.74 Å². The Kier molecular flexibility index (Phi) is 5.34. The third-order valence-electron chi connectivity index (χ3n) is 1.41. The molecule has 90 valence electrons. The molecular weight excluding hydrogens is 240 g/mol. The zero-order valence-electron chi connectivity index (χ0n) is 8.03. The minimum Gasteiger partial charge on any atom is -0.465 e. The van der Waals surface area contributed by atoms with E-state index < -0.39 is 43.1 Å². The van der Waals surface area contributed by atoms with Crippen LogP contribution in [-0.4, -0.2) is 30.3 Å². The Balaban J connectivity index is 3.89. The number of carbonyl (C=O) groups is 1. The van der Waals surface area contributed by atoms with Gasteiger partial charge in [0.15, 0.2) is 0 Å². The van der Waals surface area contributed by atoms with Crippen molar-refractivity contribution in [2.45, 2.75) is 31.6 Å². The fraction of sp³-hybridized carbons (Fsp3) is 0.875. The number of alkyl halides is 5. The first-order valence-electron chi connectivity index (χ1n) is 4.13. The predicted octanol–water partition coefficient (Wildman–Crippen LogP) is 2.84. The Labute approximate surface area is 89.5 Å². The van der Waals surface area contributed by atoms with Gasteiger partial charge >= 0.3 is 5.97 Å². The number of hydrogen-bond acceptors (Lipinski definition) is 2. The van der Waals surface area contributed by atoms with Gasteiger partial charge in [0.05, 0.1) is 13.0 Å². The summed E-state index contributed by atoms with van der Waals surface area (Å²) in [6.07, 6.45) is -2.49.